The van der Waals surface area contributed by atoms with Gasteiger partial charge < -0.3 is 29.9 Å². The van der Waals surface area contributed by atoms with Gasteiger partial charge in [-0.15, -0.1) is 0 Å². The summed E-state index contributed by atoms with van der Waals surface area (Å²) in [6, 6.07) is 0.692. The molecular weight excluding hydrogens is 480 g/mol. The molecule has 2 aliphatic carbocycles. The monoisotopic (exact) mass is 516 g/mol. The van der Waals surface area contributed by atoms with Crippen LogP contribution in [-0.2, 0) is 29.4 Å². The van der Waals surface area contributed by atoms with Gasteiger partial charge in [0.05, 0.1) is 5.69 Å². The summed E-state index contributed by atoms with van der Waals surface area (Å²) < 4.78 is 13.1. The quantitative estimate of drug-likeness (QED) is 0.450. The van der Waals surface area contributed by atoms with E-state index in [0.29, 0.717) is 17.6 Å². The van der Waals surface area contributed by atoms with Gasteiger partial charge >= 0.3 is 5.97 Å². The third kappa shape index (κ3) is 4.30. The van der Waals surface area contributed by atoms with Crippen molar-refractivity contribution in [2.45, 2.75) is 100 Å². The number of carboxylic acid groups (broad SMARTS) is 1. The average Bonchev–Trinajstić information content (AvgIpc) is 3.65. The highest BCUT2D eigenvalue weighted by molar-refractivity contribution is 5.85. The number of aliphatic hydroxyl groups is 3. The van der Waals surface area contributed by atoms with Crippen molar-refractivity contribution in [3.05, 3.63) is 16.8 Å². The molecular formula is C26H36N4O7. The van der Waals surface area contributed by atoms with Crippen LogP contribution in [0.4, 0.5) is 0 Å². The normalized spacial score (nSPS) is 33.2. The number of aromatic nitrogens is 3. The van der Waals surface area contributed by atoms with E-state index in [0.717, 1.165) is 67.4 Å². The zero-order valence-corrected chi connectivity index (χ0v) is 21.1. The fourth-order valence-electron chi connectivity index (χ4n) is 6.79. The summed E-state index contributed by atoms with van der Waals surface area (Å²) in [7, 11) is 1.87. The lowest BCUT2D eigenvalue weighted by Crippen LogP contribution is -2.61. The maximum absolute atomic E-state index is 11.5. The van der Waals surface area contributed by atoms with Crippen molar-refractivity contribution < 1.29 is 34.7 Å². The number of likely N-dealkylation sites (tertiary alicyclic amines) is 1. The van der Waals surface area contributed by atoms with Crippen molar-refractivity contribution >= 4 is 17.0 Å². The van der Waals surface area contributed by atoms with Crippen molar-refractivity contribution in [1.29, 1.82) is 0 Å². The number of carbonyl (C=O) groups is 1. The van der Waals surface area contributed by atoms with Crippen LogP contribution in [0.1, 0.15) is 67.7 Å². The Bertz CT molecular complexity index is 1180. The van der Waals surface area contributed by atoms with Crippen LogP contribution in [0.15, 0.2) is 0 Å². The van der Waals surface area contributed by atoms with Crippen molar-refractivity contribution in [2.75, 3.05) is 13.1 Å². The minimum Gasteiger partial charge on any atom is -0.479 e. The number of pyridine rings is 1. The van der Waals surface area contributed by atoms with Crippen LogP contribution in [-0.4, -0.2) is 95.9 Å². The summed E-state index contributed by atoms with van der Waals surface area (Å²) in [5, 5.41) is 46.2. The standard InChI is InChI=1S/C26H36N4O7/c1-29-23-17(18(28-29)13-10-11-30(12-13)14-6-2-3-7-14)15-8-4-5-9-16(15)24(27-23)37-26-21(33)19(31)20(32)22(36-26)25(34)35/h13-14,19-22,26,31-33H,2-12H2,1H3,(H,34,35)/t13?,19-,20+,21+,22-,26-/m0/s1. The lowest BCUT2D eigenvalue weighted by Gasteiger charge is -2.38. The highest BCUT2D eigenvalue weighted by Crippen LogP contribution is 2.41. The van der Waals surface area contributed by atoms with Gasteiger partial charge in [0.15, 0.2) is 11.8 Å². The Morgan fingerprint density at radius 1 is 1.00 bits per heavy atom. The van der Waals surface area contributed by atoms with Crippen LogP contribution >= 0.6 is 0 Å². The van der Waals surface area contributed by atoms with Crippen molar-refractivity contribution in [1.82, 2.24) is 19.7 Å². The van der Waals surface area contributed by atoms with E-state index in [1.807, 2.05) is 7.05 Å². The number of aliphatic hydroxyl groups excluding tert-OH is 3. The van der Waals surface area contributed by atoms with E-state index in [9.17, 15) is 25.2 Å². The Hall–Kier alpha value is -2.31. The number of aryl methyl sites for hydroxylation is 2. The molecule has 202 valence electrons. The predicted octanol–water partition coefficient (Wildman–Crippen LogP) is 0.850. The Morgan fingerprint density at radius 2 is 1.73 bits per heavy atom. The van der Waals surface area contributed by atoms with E-state index in [1.54, 1.807) is 4.68 Å². The first-order chi connectivity index (χ1) is 17.8. The zero-order chi connectivity index (χ0) is 25.8. The zero-order valence-electron chi connectivity index (χ0n) is 21.1. The molecule has 4 N–H and O–H groups in total. The number of ether oxygens (including phenoxy) is 2. The molecule has 4 aliphatic rings. The summed E-state index contributed by atoms with van der Waals surface area (Å²) in [6.45, 7) is 2.11. The first-order valence-electron chi connectivity index (χ1n) is 13.5. The van der Waals surface area contributed by atoms with Gasteiger partial charge in [-0.25, -0.2) is 4.79 Å². The average molecular weight is 517 g/mol. The van der Waals surface area contributed by atoms with Crippen molar-refractivity contribution in [3.8, 4) is 5.88 Å². The Kier molecular flexibility index (Phi) is 6.60. The molecule has 0 amide bonds. The molecule has 1 saturated carbocycles. The topological polar surface area (TPSA) is 150 Å². The lowest BCUT2D eigenvalue weighted by molar-refractivity contribution is -0.271. The first-order valence-corrected chi connectivity index (χ1v) is 13.5. The van der Waals surface area contributed by atoms with E-state index >= 15 is 0 Å². The Morgan fingerprint density at radius 3 is 2.46 bits per heavy atom. The first kappa shape index (κ1) is 25.0. The lowest BCUT2D eigenvalue weighted by atomic mass is 9.88. The van der Waals surface area contributed by atoms with Crippen LogP contribution in [0.5, 0.6) is 5.88 Å². The minimum absolute atomic E-state index is 0.257. The molecule has 0 bridgehead atoms. The van der Waals surface area contributed by atoms with Crippen LogP contribution < -0.4 is 4.74 Å². The van der Waals surface area contributed by atoms with Crippen LogP contribution in [0.3, 0.4) is 0 Å². The van der Waals surface area contributed by atoms with E-state index in [1.165, 1.54) is 25.7 Å². The maximum atomic E-state index is 11.5. The molecule has 2 aliphatic heterocycles. The molecule has 2 saturated heterocycles. The Balaban J connectivity index is 1.34. The Labute approximate surface area is 215 Å². The molecule has 2 aromatic heterocycles. The molecule has 0 spiro atoms. The number of rotatable bonds is 5. The molecule has 0 radical (unpaired) electrons. The summed E-state index contributed by atoms with van der Waals surface area (Å²) in [5.41, 5.74) is 3.84. The predicted molar refractivity (Wildman–Crippen MR) is 131 cm³/mol. The van der Waals surface area contributed by atoms with Gasteiger partial charge in [0, 0.05) is 36.5 Å². The SMILES string of the molecule is Cn1nc(C2CCN(C3CCCC3)C2)c2c3c(c(O[C@@H]4O[C@H](C(=O)O)[C@H](O)[C@H](O)[C@H]4O)nc21)CCCC3. The van der Waals surface area contributed by atoms with Crippen LogP contribution in [0, 0.1) is 0 Å². The van der Waals surface area contributed by atoms with E-state index in [4.69, 9.17) is 19.6 Å². The third-order valence-corrected chi connectivity index (χ3v) is 8.77. The molecule has 6 rings (SSSR count). The number of aliphatic carboxylic acids is 1. The fraction of sp³-hybridized carbons (Fsp3) is 0.731. The smallest absolute Gasteiger partial charge is 0.335 e. The van der Waals surface area contributed by atoms with Gasteiger partial charge in [0.2, 0.25) is 12.2 Å². The maximum Gasteiger partial charge on any atom is 0.335 e. The molecule has 1 unspecified atom stereocenters. The molecule has 0 aromatic carbocycles. The largest absolute Gasteiger partial charge is 0.479 e. The van der Waals surface area contributed by atoms with Crippen LogP contribution in [0.2, 0.25) is 0 Å². The van der Waals surface area contributed by atoms with Crippen LogP contribution in [0.25, 0.3) is 11.0 Å². The van der Waals surface area contributed by atoms with E-state index < -0.39 is 36.7 Å². The second kappa shape index (κ2) is 9.77. The van der Waals surface area contributed by atoms with Gasteiger partial charge in [0.25, 0.3) is 0 Å². The second-order valence-corrected chi connectivity index (χ2v) is 11.1. The van der Waals surface area contributed by atoms with Crippen molar-refractivity contribution in [3.63, 3.8) is 0 Å². The van der Waals surface area contributed by atoms with Crippen molar-refractivity contribution in [2.24, 2.45) is 7.05 Å². The molecule has 11 heteroatoms. The van der Waals surface area contributed by atoms with E-state index in [2.05, 4.69) is 4.90 Å². The molecule has 4 heterocycles. The number of nitrogens with zero attached hydrogens (tertiary/aromatic N) is 4. The number of fused-ring (bicyclic) bond motifs is 3. The number of hydrogen-bond donors (Lipinski definition) is 4. The van der Waals surface area contributed by atoms with Gasteiger partial charge in [-0.2, -0.15) is 10.1 Å². The fourth-order valence-corrected chi connectivity index (χ4v) is 6.79. The molecule has 6 atom stereocenters. The molecule has 37 heavy (non-hydrogen) atoms. The molecule has 3 fully saturated rings. The van der Waals surface area contributed by atoms with Gasteiger partial charge in [-0.3, -0.25) is 9.58 Å². The summed E-state index contributed by atoms with van der Waals surface area (Å²) in [4.78, 5) is 19.0. The third-order valence-electron chi connectivity index (χ3n) is 8.77. The summed E-state index contributed by atoms with van der Waals surface area (Å²) in [6.07, 6.45) is 1.53. The summed E-state index contributed by atoms with van der Waals surface area (Å²) in [5.74, 6) is -0.843. The highest BCUT2D eigenvalue weighted by Gasteiger charge is 2.48. The molecule has 11 nitrogen and oxygen atoms in total. The highest BCUT2D eigenvalue weighted by atomic mass is 16.7. The van der Waals surface area contributed by atoms with E-state index in [-0.39, 0.29) is 5.88 Å². The minimum atomic E-state index is -1.77. The van der Waals surface area contributed by atoms with Gasteiger partial charge in [0.1, 0.15) is 18.3 Å². The molecule has 2 aromatic rings. The number of hydrogen-bond acceptors (Lipinski definition) is 9. The van der Waals surface area contributed by atoms with Gasteiger partial charge in [-0.1, -0.05) is 12.8 Å². The second-order valence-electron chi connectivity index (χ2n) is 11.1. The summed E-state index contributed by atoms with van der Waals surface area (Å²) >= 11 is 0. The number of carboxylic acids is 1. The van der Waals surface area contributed by atoms with Gasteiger partial charge in [-0.05, 0) is 57.1 Å².